The summed E-state index contributed by atoms with van der Waals surface area (Å²) in [5.74, 6) is 1.56. The Labute approximate surface area is 108 Å². The summed E-state index contributed by atoms with van der Waals surface area (Å²) in [6.07, 6.45) is 1.77. The average Bonchev–Trinajstić information content (AvgIpc) is 2.76. The molecule has 84 valence electrons. The molecular weight excluding hydrogens is 315 g/mol. The molecule has 0 aliphatic heterocycles. The lowest BCUT2D eigenvalue weighted by Crippen LogP contribution is -2.11. The van der Waals surface area contributed by atoms with Gasteiger partial charge in [0.1, 0.15) is 0 Å². The second kappa shape index (κ2) is 5.45. The van der Waals surface area contributed by atoms with Crippen LogP contribution >= 0.6 is 22.6 Å². The fourth-order valence-corrected chi connectivity index (χ4v) is 1.73. The van der Waals surface area contributed by atoms with E-state index in [1.807, 2.05) is 12.1 Å². The van der Waals surface area contributed by atoms with E-state index < -0.39 is 0 Å². The molecule has 0 atom stereocenters. The number of rotatable bonds is 4. The Morgan fingerprint density at radius 3 is 2.75 bits per heavy atom. The Balaban J connectivity index is 2.15. The zero-order chi connectivity index (χ0) is 11.4. The van der Waals surface area contributed by atoms with E-state index in [4.69, 9.17) is 4.42 Å². The van der Waals surface area contributed by atoms with Crippen molar-refractivity contribution in [2.45, 2.75) is 13.5 Å². The fourth-order valence-electron chi connectivity index (χ4n) is 1.37. The fraction of sp³-hybridized carbons (Fsp3) is 0.250. The van der Waals surface area contributed by atoms with E-state index in [9.17, 15) is 0 Å². The monoisotopic (exact) mass is 328 g/mol. The maximum absolute atomic E-state index is 5.64. The van der Waals surface area contributed by atoms with Crippen molar-refractivity contribution in [3.05, 3.63) is 39.9 Å². The maximum atomic E-state index is 5.64. The first kappa shape index (κ1) is 11.6. The largest absolute Gasteiger partial charge is 0.439 e. The Morgan fingerprint density at radius 2 is 2.06 bits per heavy atom. The second-order valence-electron chi connectivity index (χ2n) is 3.41. The van der Waals surface area contributed by atoms with E-state index >= 15 is 0 Å². The average molecular weight is 328 g/mol. The van der Waals surface area contributed by atoms with Gasteiger partial charge in [-0.25, -0.2) is 4.98 Å². The van der Waals surface area contributed by atoms with Gasteiger partial charge in [-0.1, -0.05) is 19.1 Å². The molecule has 0 fully saturated rings. The van der Waals surface area contributed by atoms with Gasteiger partial charge in [-0.2, -0.15) is 0 Å². The van der Waals surface area contributed by atoms with Crippen molar-refractivity contribution in [2.24, 2.45) is 0 Å². The van der Waals surface area contributed by atoms with Crippen molar-refractivity contribution in [1.29, 1.82) is 0 Å². The molecule has 0 saturated heterocycles. The lowest BCUT2D eigenvalue weighted by atomic mass is 10.2. The van der Waals surface area contributed by atoms with Crippen LogP contribution < -0.4 is 5.32 Å². The predicted molar refractivity (Wildman–Crippen MR) is 72.0 cm³/mol. The highest BCUT2D eigenvalue weighted by atomic mass is 127. The molecule has 1 aromatic heterocycles. The molecule has 0 aliphatic carbocycles. The smallest absolute Gasteiger partial charge is 0.208 e. The third-order valence-electron chi connectivity index (χ3n) is 2.21. The number of hydrogen-bond acceptors (Lipinski definition) is 3. The van der Waals surface area contributed by atoms with Gasteiger partial charge in [0.05, 0.1) is 12.7 Å². The summed E-state index contributed by atoms with van der Waals surface area (Å²) >= 11 is 2.28. The third-order valence-corrected chi connectivity index (χ3v) is 2.93. The molecule has 16 heavy (non-hydrogen) atoms. The molecule has 0 aliphatic rings. The van der Waals surface area contributed by atoms with Crippen LogP contribution in [0, 0.1) is 3.57 Å². The standard InChI is InChI=1S/C12H13IN2O/c1-2-14-8-12-15-7-11(16-12)9-3-5-10(13)6-4-9/h3-7,14H,2,8H2,1H3. The van der Waals surface area contributed by atoms with E-state index in [0.29, 0.717) is 6.54 Å². The molecule has 0 saturated carbocycles. The van der Waals surface area contributed by atoms with Crippen LogP contribution in [0.4, 0.5) is 0 Å². The van der Waals surface area contributed by atoms with Crippen LogP contribution in [0.5, 0.6) is 0 Å². The van der Waals surface area contributed by atoms with Crippen LogP contribution in [0.1, 0.15) is 12.8 Å². The molecule has 1 aromatic carbocycles. The van der Waals surface area contributed by atoms with Crippen LogP contribution in [0.3, 0.4) is 0 Å². The summed E-state index contributed by atoms with van der Waals surface area (Å²) in [6, 6.07) is 8.20. The van der Waals surface area contributed by atoms with Gasteiger partial charge in [-0.05, 0) is 41.3 Å². The van der Waals surface area contributed by atoms with Crippen molar-refractivity contribution in [1.82, 2.24) is 10.3 Å². The van der Waals surface area contributed by atoms with Crippen LogP contribution in [0.2, 0.25) is 0 Å². The first-order chi connectivity index (χ1) is 7.79. The lowest BCUT2D eigenvalue weighted by Gasteiger charge is -1.97. The van der Waals surface area contributed by atoms with Gasteiger partial charge in [0.25, 0.3) is 0 Å². The summed E-state index contributed by atoms with van der Waals surface area (Å²) < 4.78 is 6.85. The van der Waals surface area contributed by atoms with Crippen molar-refractivity contribution < 1.29 is 4.42 Å². The lowest BCUT2D eigenvalue weighted by molar-refractivity contribution is 0.482. The number of halogens is 1. The molecule has 0 radical (unpaired) electrons. The van der Waals surface area contributed by atoms with Gasteiger partial charge in [-0.15, -0.1) is 0 Å². The van der Waals surface area contributed by atoms with Gasteiger partial charge in [0.2, 0.25) is 5.89 Å². The summed E-state index contributed by atoms with van der Waals surface area (Å²) in [6.45, 7) is 3.66. The van der Waals surface area contributed by atoms with Gasteiger partial charge in [0, 0.05) is 9.13 Å². The molecule has 4 heteroatoms. The summed E-state index contributed by atoms with van der Waals surface area (Å²) in [5, 5.41) is 3.18. The highest BCUT2D eigenvalue weighted by molar-refractivity contribution is 14.1. The quantitative estimate of drug-likeness (QED) is 0.877. The first-order valence-corrected chi connectivity index (χ1v) is 6.29. The maximum Gasteiger partial charge on any atom is 0.208 e. The molecule has 2 aromatic rings. The minimum Gasteiger partial charge on any atom is -0.439 e. The van der Waals surface area contributed by atoms with E-state index in [2.05, 4.69) is 51.9 Å². The number of nitrogens with one attached hydrogen (secondary N) is 1. The second-order valence-corrected chi connectivity index (χ2v) is 4.65. The van der Waals surface area contributed by atoms with Crippen LogP contribution in [0.25, 0.3) is 11.3 Å². The van der Waals surface area contributed by atoms with E-state index in [1.165, 1.54) is 3.57 Å². The van der Waals surface area contributed by atoms with Gasteiger partial charge in [-0.3, -0.25) is 0 Å². The van der Waals surface area contributed by atoms with Gasteiger partial charge < -0.3 is 9.73 Å². The van der Waals surface area contributed by atoms with Crippen molar-refractivity contribution in [2.75, 3.05) is 6.54 Å². The van der Waals surface area contributed by atoms with Crippen molar-refractivity contribution in [3.63, 3.8) is 0 Å². The van der Waals surface area contributed by atoms with Gasteiger partial charge >= 0.3 is 0 Å². The normalized spacial score (nSPS) is 10.6. The minimum absolute atomic E-state index is 0.681. The molecule has 0 bridgehead atoms. The molecule has 0 spiro atoms. The van der Waals surface area contributed by atoms with Crippen LogP contribution in [-0.2, 0) is 6.54 Å². The van der Waals surface area contributed by atoms with E-state index in [-0.39, 0.29) is 0 Å². The zero-order valence-electron chi connectivity index (χ0n) is 9.03. The number of aromatic nitrogens is 1. The summed E-state index contributed by atoms with van der Waals surface area (Å²) in [4.78, 5) is 4.22. The number of oxazole rings is 1. The van der Waals surface area contributed by atoms with Crippen molar-refractivity contribution >= 4 is 22.6 Å². The molecule has 1 N–H and O–H groups in total. The summed E-state index contributed by atoms with van der Waals surface area (Å²) in [5.41, 5.74) is 1.07. The Hall–Kier alpha value is -0.880. The first-order valence-electron chi connectivity index (χ1n) is 5.21. The van der Waals surface area contributed by atoms with E-state index in [0.717, 1.165) is 23.8 Å². The van der Waals surface area contributed by atoms with Crippen molar-refractivity contribution in [3.8, 4) is 11.3 Å². The predicted octanol–water partition coefficient (Wildman–Crippen LogP) is 3.06. The molecular formula is C12H13IN2O. The van der Waals surface area contributed by atoms with Gasteiger partial charge in [0.15, 0.2) is 5.76 Å². The molecule has 3 nitrogen and oxygen atoms in total. The Morgan fingerprint density at radius 1 is 1.31 bits per heavy atom. The Kier molecular flexibility index (Phi) is 3.95. The molecule has 1 heterocycles. The van der Waals surface area contributed by atoms with Crippen LogP contribution in [-0.4, -0.2) is 11.5 Å². The van der Waals surface area contributed by atoms with Crippen LogP contribution in [0.15, 0.2) is 34.9 Å². The number of hydrogen-bond donors (Lipinski definition) is 1. The highest BCUT2D eigenvalue weighted by Gasteiger charge is 2.05. The molecule has 0 unspecified atom stereocenters. The zero-order valence-corrected chi connectivity index (χ0v) is 11.2. The van der Waals surface area contributed by atoms with E-state index in [1.54, 1.807) is 6.20 Å². The molecule has 2 rings (SSSR count). The Bertz CT molecular complexity index is 450. The third kappa shape index (κ3) is 2.82. The number of benzene rings is 1. The minimum atomic E-state index is 0.681. The summed E-state index contributed by atoms with van der Waals surface area (Å²) in [7, 11) is 0. The number of nitrogens with zero attached hydrogens (tertiary/aromatic N) is 1. The SMILES string of the molecule is CCNCc1ncc(-c2ccc(I)cc2)o1. The molecule has 0 amide bonds. The topological polar surface area (TPSA) is 38.1 Å². The highest BCUT2D eigenvalue weighted by Crippen LogP contribution is 2.21.